The smallest absolute Gasteiger partial charge is 0.414 e. The van der Waals surface area contributed by atoms with Crippen LogP contribution < -0.4 is 25.8 Å². The zero-order valence-corrected chi connectivity index (χ0v) is 22.7. The number of aliphatic hydroxyl groups is 1. The molecule has 2 aromatic heterocycles. The minimum absolute atomic E-state index is 0.0368. The Labute approximate surface area is 238 Å². The zero-order chi connectivity index (χ0) is 30.2. The van der Waals surface area contributed by atoms with Crippen LogP contribution in [0, 0.1) is 11.6 Å². The van der Waals surface area contributed by atoms with Crippen molar-refractivity contribution in [3.8, 4) is 0 Å². The normalized spacial score (nSPS) is 14.5. The summed E-state index contributed by atoms with van der Waals surface area (Å²) < 4.78 is 37.2. The Kier molecular flexibility index (Phi) is 9.80. The van der Waals surface area contributed by atoms with E-state index >= 15 is 8.78 Å². The number of carbonyl (C=O) groups excluding carboxylic acids is 4. The SMILES string of the molecule is CCCN(CCNC(=O)CNC(=O)c1cn2ccncc2n1)c1c(F)cc(N2C[C@H](CNC(=O)CO)OC2=O)cc1F. The number of imidazole rings is 1. The van der Waals surface area contributed by atoms with E-state index in [4.69, 9.17) is 9.84 Å². The molecule has 0 unspecified atom stereocenters. The Balaban J connectivity index is 1.31. The molecule has 0 saturated carbocycles. The second-order valence-electron chi connectivity index (χ2n) is 9.32. The molecule has 1 fully saturated rings. The van der Waals surface area contributed by atoms with Crippen LogP contribution in [0.2, 0.25) is 0 Å². The van der Waals surface area contributed by atoms with Gasteiger partial charge >= 0.3 is 6.09 Å². The molecular formula is C26H30F2N8O6. The Morgan fingerprint density at radius 3 is 2.60 bits per heavy atom. The number of cyclic esters (lactones) is 1. The number of nitrogens with one attached hydrogen (secondary N) is 3. The number of anilines is 2. The van der Waals surface area contributed by atoms with Gasteiger partial charge in [0.2, 0.25) is 11.8 Å². The van der Waals surface area contributed by atoms with Gasteiger partial charge < -0.3 is 35.1 Å². The van der Waals surface area contributed by atoms with E-state index in [0.717, 1.165) is 17.0 Å². The van der Waals surface area contributed by atoms with Crippen molar-refractivity contribution < 1.29 is 37.8 Å². The van der Waals surface area contributed by atoms with Crippen molar-refractivity contribution in [3.63, 3.8) is 0 Å². The molecule has 42 heavy (non-hydrogen) atoms. The summed E-state index contributed by atoms with van der Waals surface area (Å²) in [4.78, 5) is 58.7. The van der Waals surface area contributed by atoms with Crippen LogP contribution in [-0.2, 0) is 14.3 Å². The highest BCUT2D eigenvalue weighted by Crippen LogP contribution is 2.31. The van der Waals surface area contributed by atoms with Gasteiger partial charge in [-0.2, -0.15) is 0 Å². The summed E-state index contributed by atoms with van der Waals surface area (Å²) in [5.41, 5.74) is 0.218. The third-order valence-electron chi connectivity index (χ3n) is 6.28. The fourth-order valence-electron chi connectivity index (χ4n) is 4.33. The fraction of sp³-hybridized carbons (Fsp3) is 0.385. The highest BCUT2D eigenvalue weighted by atomic mass is 19.1. The highest BCUT2D eigenvalue weighted by Gasteiger charge is 2.34. The molecule has 1 aliphatic heterocycles. The summed E-state index contributed by atoms with van der Waals surface area (Å²) in [6, 6.07) is 2.03. The van der Waals surface area contributed by atoms with Crippen LogP contribution in [-0.4, -0.2) is 95.3 Å². The Morgan fingerprint density at radius 2 is 1.90 bits per heavy atom. The summed E-state index contributed by atoms with van der Waals surface area (Å²) in [7, 11) is 0. The molecular weight excluding hydrogens is 558 g/mol. The van der Waals surface area contributed by atoms with Crippen molar-refractivity contribution in [2.24, 2.45) is 0 Å². The second-order valence-corrected chi connectivity index (χ2v) is 9.32. The number of aliphatic hydroxyl groups excluding tert-OH is 1. The van der Waals surface area contributed by atoms with E-state index < -0.39 is 48.2 Å². The summed E-state index contributed by atoms with van der Waals surface area (Å²) in [5, 5.41) is 16.3. The number of ether oxygens (including phenoxy) is 1. The fourth-order valence-corrected chi connectivity index (χ4v) is 4.33. The molecule has 1 saturated heterocycles. The molecule has 16 heteroatoms. The maximum absolute atomic E-state index is 15.2. The van der Waals surface area contributed by atoms with E-state index in [0.29, 0.717) is 12.1 Å². The van der Waals surface area contributed by atoms with Gasteiger partial charge in [0.15, 0.2) is 17.3 Å². The second kappa shape index (κ2) is 13.7. The molecule has 3 aromatic rings. The van der Waals surface area contributed by atoms with Crippen molar-refractivity contribution in [3.05, 3.63) is 54.2 Å². The third-order valence-corrected chi connectivity index (χ3v) is 6.28. The molecule has 1 atom stereocenters. The van der Waals surface area contributed by atoms with Gasteiger partial charge in [0.1, 0.15) is 24.1 Å². The first-order valence-corrected chi connectivity index (χ1v) is 13.1. The van der Waals surface area contributed by atoms with Gasteiger partial charge in [-0.1, -0.05) is 6.92 Å². The van der Waals surface area contributed by atoms with Gasteiger partial charge in [-0.25, -0.2) is 18.6 Å². The molecule has 14 nitrogen and oxygen atoms in total. The molecule has 0 bridgehead atoms. The van der Waals surface area contributed by atoms with Crippen molar-refractivity contribution in [1.82, 2.24) is 30.3 Å². The third kappa shape index (κ3) is 7.25. The van der Waals surface area contributed by atoms with Crippen LogP contribution in [0.3, 0.4) is 0 Å². The van der Waals surface area contributed by atoms with E-state index in [-0.39, 0.29) is 56.3 Å². The van der Waals surface area contributed by atoms with Crippen molar-refractivity contribution >= 4 is 40.8 Å². The summed E-state index contributed by atoms with van der Waals surface area (Å²) in [6.07, 6.45) is 5.13. The molecule has 4 N–H and O–H groups in total. The molecule has 1 aliphatic rings. The van der Waals surface area contributed by atoms with Gasteiger partial charge in [-0.05, 0) is 6.42 Å². The highest BCUT2D eigenvalue weighted by molar-refractivity contribution is 5.95. The molecule has 3 heterocycles. The maximum Gasteiger partial charge on any atom is 0.414 e. The average molecular weight is 589 g/mol. The molecule has 4 rings (SSSR count). The minimum atomic E-state index is -0.912. The largest absolute Gasteiger partial charge is 0.442 e. The molecule has 0 aliphatic carbocycles. The minimum Gasteiger partial charge on any atom is -0.442 e. The van der Waals surface area contributed by atoms with E-state index in [1.807, 2.05) is 6.92 Å². The van der Waals surface area contributed by atoms with Gasteiger partial charge in [0, 0.05) is 50.4 Å². The van der Waals surface area contributed by atoms with Crippen molar-refractivity contribution in [1.29, 1.82) is 0 Å². The monoisotopic (exact) mass is 588 g/mol. The number of amides is 4. The molecule has 0 spiro atoms. The Hall–Kier alpha value is -4.86. The average Bonchev–Trinajstić information content (AvgIpc) is 3.57. The van der Waals surface area contributed by atoms with Crippen LogP contribution in [0.25, 0.3) is 5.65 Å². The number of hydrogen-bond acceptors (Lipinski definition) is 9. The first-order valence-electron chi connectivity index (χ1n) is 13.1. The number of rotatable bonds is 13. The zero-order valence-electron chi connectivity index (χ0n) is 22.7. The lowest BCUT2D eigenvalue weighted by Crippen LogP contribution is -2.41. The van der Waals surface area contributed by atoms with Gasteiger partial charge in [-0.15, -0.1) is 0 Å². The molecule has 224 valence electrons. The topological polar surface area (TPSA) is 170 Å². The molecule has 1 aromatic carbocycles. The first-order chi connectivity index (χ1) is 20.2. The van der Waals surface area contributed by atoms with E-state index in [2.05, 4.69) is 25.9 Å². The predicted molar refractivity (Wildman–Crippen MR) is 145 cm³/mol. The molecule has 4 amide bonds. The summed E-state index contributed by atoms with van der Waals surface area (Å²) in [6.45, 7) is 1.04. The summed E-state index contributed by atoms with van der Waals surface area (Å²) >= 11 is 0. The number of fused-ring (bicyclic) bond motifs is 1. The summed E-state index contributed by atoms with van der Waals surface area (Å²) in [5.74, 6) is -3.52. The first kappa shape index (κ1) is 30.1. The van der Waals surface area contributed by atoms with E-state index in [1.165, 1.54) is 17.3 Å². The number of aromatic nitrogens is 3. The molecule has 0 radical (unpaired) electrons. The lowest BCUT2D eigenvalue weighted by Gasteiger charge is -2.26. The van der Waals surface area contributed by atoms with Gasteiger partial charge in [0.05, 0.1) is 31.5 Å². The number of carbonyl (C=O) groups is 4. The van der Waals surface area contributed by atoms with Gasteiger partial charge in [0.25, 0.3) is 5.91 Å². The lowest BCUT2D eigenvalue weighted by molar-refractivity contribution is -0.124. The lowest BCUT2D eigenvalue weighted by atomic mass is 10.2. The number of hydrogen-bond donors (Lipinski definition) is 4. The van der Waals surface area contributed by atoms with Crippen LogP contribution >= 0.6 is 0 Å². The van der Waals surface area contributed by atoms with Gasteiger partial charge in [-0.3, -0.25) is 24.3 Å². The number of halogens is 2. The van der Waals surface area contributed by atoms with E-state index in [9.17, 15) is 19.2 Å². The number of nitrogens with zero attached hydrogens (tertiary/aromatic N) is 5. The van der Waals surface area contributed by atoms with Crippen LogP contribution in [0.4, 0.5) is 25.0 Å². The Bertz CT molecular complexity index is 1410. The quantitative estimate of drug-likeness (QED) is 0.218. The van der Waals surface area contributed by atoms with Crippen LogP contribution in [0.1, 0.15) is 23.8 Å². The maximum atomic E-state index is 15.2. The van der Waals surface area contributed by atoms with Crippen molar-refractivity contribution in [2.75, 3.05) is 55.7 Å². The Morgan fingerprint density at radius 1 is 1.14 bits per heavy atom. The van der Waals surface area contributed by atoms with Crippen molar-refractivity contribution in [2.45, 2.75) is 19.4 Å². The van der Waals surface area contributed by atoms with E-state index in [1.54, 1.807) is 16.8 Å². The van der Waals surface area contributed by atoms with Crippen LogP contribution in [0.5, 0.6) is 0 Å². The number of benzene rings is 1. The standard InChI is InChI=1S/C26H30F2N8O6/c1-2-5-34(7-4-30-22(38)12-32-25(40)20-14-35-6-3-29-11-21(35)33-20)24-18(27)8-16(9-19(24)28)36-13-17(42-26(36)41)10-31-23(39)15-37/h3,6,8-9,11,14,17,37H,2,4-5,7,10,12-13,15H2,1H3,(H,30,38)(H,31,39)(H,32,40)/t17-/m0/s1. The predicted octanol–water partition coefficient (Wildman–Crippen LogP) is 0.204. The van der Waals surface area contributed by atoms with Crippen LogP contribution in [0.15, 0.2) is 36.9 Å².